The van der Waals surface area contributed by atoms with Crippen molar-refractivity contribution in [3.05, 3.63) is 11.7 Å². The molecule has 3 saturated heterocycles. The summed E-state index contributed by atoms with van der Waals surface area (Å²) in [4.78, 5) is 17.7. The fraction of sp³-hybridized carbons (Fsp3) is 0.727. The fourth-order valence-electron chi connectivity index (χ4n) is 3.08. The van der Waals surface area contributed by atoms with Gasteiger partial charge in [0.05, 0.1) is 11.8 Å². The van der Waals surface area contributed by atoms with Crippen LogP contribution in [-0.4, -0.2) is 45.8 Å². The van der Waals surface area contributed by atoms with Gasteiger partial charge >= 0.3 is 5.97 Å². The predicted molar refractivity (Wildman–Crippen MR) is 64.7 cm³/mol. The molecular formula is C11H16ClN3O3. The molecule has 1 aromatic rings. The summed E-state index contributed by atoms with van der Waals surface area (Å²) in [5.41, 5.74) is 0. The molecule has 18 heavy (non-hydrogen) atoms. The molecule has 4 heterocycles. The zero-order valence-electron chi connectivity index (χ0n) is 10.1. The molecule has 0 saturated carbocycles. The molecule has 0 radical (unpaired) electrons. The molecule has 0 amide bonds. The molecule has 0 aromatic carbocycles. The summed E-state index contributed by atoms with van der Waals surface area (Å²) in [5.74, 6) is 0.430. The maximum absolute atomic E-state index is 11.2. The lowest BCUT2D eigenvalue weighted by Gasteiger charge is -2.46. The number of carboxylic acids is 1. The molecule has 1 N–H and O–H groups in total. The summed E-state index contributed by atoms with van der Waals surface area (Å²) >= 11 is 0. The van der Waals surface area contributed by atoms with Gasteiger partial charge in [-0.25, -0.2) is 0 Å². The Morgan fingerprint density at radius 1 is 1.50 bits per heavy atom. The second-order valence-electron chi connectivity index (χ2n) is 4.94. The van der Waals surface area contributed by atoms with E-state index in [1.807, 2.05) is 0 Å². The van der Waals surface area contributed by atoms with Crippen molar-refractivity contribution in [2.45, 2.75) is 19.3 Å². The minimum absolute atomic E-state index is 0. The molecule has 100 valence electrons. The van der Waals surface area contributed by atoms with E-state index in [0.29, 0.717) is 18.3 Å². The number of nitrogens with zero attached hydrogens (tertiary/aromatic N) is 3. The van der Waals surface area contributed by atoms with Crippen molar-refractivity contribution in [1.29, 1.82) is 0 Å². The molecule has 0 spiro atoms. The molecule has 2 bridgehead atoms. The van der Waals surface area contributed by atoms with Crippen molar-refractivity contribution >= 4 is 18.4 Å². The number of hydrogen-bond donors (Lipinski definition) is 1. The monoisotopic (exact) mass is 273 g/mol. The van der Waals surface area contributed by atoms with Crippen molar-refractivity contribution < 1.29 is 14.4 Å². The summed E-state index contributed by atoms with van der Waals surface area (Å²) in [6.45, 7) is 4.26. The van der Waals surface area contributed by atoms with E-state index in [1.54, 1.807) is 6.92 Å². The molecule has 1 aromatic heterocycles. The van der Waals surface area contributed by atoms with Gasteiger partial charge < -0.3 is 14.5 Å². The Hall–Kier alpha value is -1.14. The number of aromatic nitrogens is 2. The van der Waals surface area contributed by atoms with E-state index in [4.69, 9.17) is 4.52 Å². The van der Waals surface area contributed by atoms with Gasteiger partial charge in [0.1, 0.15) is 0 Å². The molecule has 3 aliphatic heterocycles. The Morgan fingerprint density at radius 3 is 2.83 bits per heavy atom. The average Bonchev–Trinajstić information content (AvgIpc) is 2.76. The zero-order valence-corrected chi connectivity index (χ0v) is 10.9. The van der Waals surface area contributed by atoms with E-state index in [0.717, 1.165) is 19.5 Å². The first-order chi connectivity index (χ1) is 8.15. The molecule has 6 nitrogen and oxygen atoms in total. The second-order valence-corrected chi connectivity index (χ2v) is 4.94. The topological polar surface area (TPSA) is 79.5 Å². The average molecular weight is 274 g/mol. The quantitative estimate of drug-likeness (QED) is 0.863. The van der Waals surface area contributed by atoms with Crippen LogP contribution >= 0.6 is 12.4 Å². The highest BCUT2D eigenvalue weighted by Gasteiger charge is 2.46. The lowest BCUT2D eigenvalue weighted by atomic mass is 9.72. The molecule has 3 aliphatic rings. The predicted octanol–water partition coefficient (Wildman–Crippen LogP) is 0.920. The number of piperidine rings is 3. The lowest BCUT2D eigenvalue weighted by molar-refractivity contribution is -0.149. The number of aryl methyl sites for hydroxylation is 1. The van der Waals surface area contributed by atoms with E-state index >= 15 is 0 Å². The van der Waals surface area contributed by atoms with Gasteiger partial charge in [0.15, 0.2) is 5.82 Å². The largest absolute Gasteiger partial charge is 0.481 e. The first kappa shape index (κ1) is 13.3. The molecule has 7 heteroatoms. The van der Waals surface area contributed by atoms with Crippen molar-refractivity contribution in [2.24, 2.45) is 11.8 Å². The van der Waals surface area contributed by atoms with Crippen LogP contribution in [0.4, 0.5) is 0 Å². The number of carbonyl (C=O) groups is 1. The summed E-state index contributed by atoms with van der Waals surface area (Å²) in [5, 5.41) is 13.0. The van der Waals surface area contributed by atoms with Gasteiger partial charge in [-0.2, -0.15) is 4.98 Å². The molecular weight excluding hydrogens is 258 g/mol. The third-order valence-corrected chi connectivity index (χ3v) is 3.90. The highest BCUT2D eigenvalue weighted by atomic mass is 35.5. The van der Waals surface area contributed by atoms with Gasteiger partial charge in [0, 0.05) is 13.1 Å². The van der Waals surface area contributed by atoms with Crippen LogP contribution in [0.1, 0.15) is 24.1 Å². The smallest absolute Gasteiger partial charge is 0.308 e. The van der Waals surface area contributed by atoms with Crippen LogP contribution < -0.4 is 0 Å². The van der Waals surface area contributed by atoms with Crippen molar-refractivity contribution in [3.63, 3.8) is 0 Å². The first-order valence-corrected chi connectivity index (χ1v) is 5.90. The molecule has 4 atom stereocenters. The van der Waals surface area contributed by atoms with E-state index < -0.39 is 5.97 Å². The minimum atomic E-state index is -0.708. The fourth-order valence-corrected chi connectivity index (χ4v) is 3.08. The van der Waals surface area contributed by atoms with Crippen LogP contribution in [0.2, 0.25) is 0 Å². The maximum Gasteiger partial charge on any atom is 0.308 e. The normalized spacial score (nSPS) is 34.1. The van der Waals surface area contributed by atoms with Crippen LogP contribution in [0, 0.1) is 18.8 Å². The standard InChI is InChI=1S/C11H15N3O3.ClH/c1-6-12-10(17-13-6)8-4-14-3-2-7(8)9(5-14)11(15)16;/h7-9H,2-5H2,1H3,(H,15,16);1H. The number of halogens is 1. The van der Waals surface area contributed by atoms with E-state index in [1.165, 1.54) is 0 Å². The van der Waals surface area contributed by atoms with Crippen molar-refractivity contribution in [3.8, 4) is 0 Å². The molecule has 4 unspecified atom stereocenters. The van der Waals surface area contributed by atoms with Gasteiger partial charge in [-0.3, -0.25) is 4.79 Å². The second kappa shape index (κ2) is 4.85. The Morgan fingerprint density at radius 2 is 2.28 bits per heavy atom. The summed E-state index contributed by atoms with van der Waals surface area (Å²) in [6, 6.07) is 0. The Kier molecular flexibility index (Phi) is 3.59. The zero-order chi connectivity index (χ0) is 12.0. The Labute approximate surface area is 111 Å². The van der Waals surface area contributed by atoms with Gasteiger partial charge in [-0.1, -0.05) is 5.16 Å². The summed E-state index contributed by atoms with van der Waals surface area (Å²) in [6.07, 6.45) is 0.906. The molecule has 0 aliphatic carbocycles. The van der Waals surface area contributed by atoms with Gasteiger partial charge in [-0.15, -0.1) is 12.4 Å². The van der Waals surface area contributed by atoms with Crippen LogP contribution in [0.3, 0.4) is 0 Å². The van der Waals surface area contributed by atoms with Crippen LogP contribution in [-0.2, 0) is 4.79 Å². The van der Waals surface area contributed by atoms with Crippen LogP contribution in [0.5, 0.6) is 0 Å². The summed E-state index contributed by atoms with van der Waals surface area (Å²) < 4.78 is 5.20. The number of rotatable bonds is 2. The third-order valence-electron chi connectivity index (χ3n) is 3.90. The number of fused-ring (bicyclic) bond motifs is 3. The van der Waals surface area contributed by atoms with Crippen molar-refractivity contribution in [2.75, 3.05) is 19.6 Å². The lowest BCUT2D eigenvalue weighted by Crippen LogP contribution is -2.54. The minimum Gasteiger partial charge on any atom is -0.481 e. The van der Waals surface area contributed by atoms with E-state index in [9.17, 15) is 9.90 Å². The number of carboxylic acid groups (broad SMARTS) is 1. The first-order valence-electron chi connectivity index (χ1n) is 5.90. The van der Waals surface area contributed by atoms with Crippen LogP contribution in [0.25, 0.3) is 0 Å². The van der Waals surface area contributed by atoms with E-state index in [-0.39, 0.29) is 30.2 Å². The maximum atomic E-state index is 11.2. The number of hydrogen-bond acceptors (Lipinski definition) is 5. The highest BCUT2D eigenvalue weighted by Crippen LogP contribution is 2.41. The Balaban J connectivity index is 0.00000120. The highest BCUT2D eigenvalue weighted by molar-refractivity contribution is 5.85. The SMILES string of the molecule is Cc1noc(C2CN3CCC2C(C(=O)O)C3)n1.Cl. The van der Waals surface area contributed by atoms with Crippen LogP contribution in [0.15, 0.2) is 4.52 Å². The third kappa shape index (κ3) is 2.10. The molecule has 3 fully saturated rings. The van der Waals surface area contributed by atoms with E-state index in [2.05, 4.69) is 15.0 Å². The molecule has 4 rings (SSSR count). The van der Waals surface area contributed by atoms with Crippen molar-refractivity contribution in [1.82, 2.24) is 15.0 Å². The number of aliphatic carboxylic acids is 1. The van der Waals surface area contributed by atoms with Gasteiger partial charge in [-0.05, 0) is 25.8 Å². The Bertz CT molecular complexity index is 450. The van der Waals surface area contributed by atoms with Gasteiger partial charge in [0.2, 0.25) is 5.89 Å². The summed E-state index contributed by atoms with van der Waals surface area (Å²) in [7, 11) is 0. The van der Waals surface area contributed by atoms with Gasteiger partial charge in [0.25, 0.3) is 0 Å².